The first kappa shape index (κ1) is 13.7. The van der Waals surface area contributed by atoms with E-state index in [4.69, 9.17) is 5.73 Å². The second-order valence-electron chi connectivity index (χ2n) is 4.18. The molecule has 0 bridgehead atoms. The Labute approximate surface area is 116 Å². The average molecular weight is 270 g/mol. The molecule has 7 nitrogen and oxygen atoms in total. The molecule has 0 aliphatic rings. The van der Waals surface area contributed by atoms with Crippen molar-refractivity contribution in [3.8, 4) is 11.9 Å². The molecule has 0 fully saturated rings. The van der Waals surface area contributed by atoms with E-state index in [9.17, 15) is 10.1 Å². The van der Waals surface area contributed by atoms with E-state index in [0.29, 0.717) is 24.2 Å². The van der Waals surface area contributed by atoms with Gasteiger partial charge in [0.25, 0.3) is 5.91 Å². The first-order valence-electron chi connectivity index (χ1n) is 6.25. The highest BCUT2D eigenvalue weighted by molar-refractivity contribution is 5.92. The lowest BCUT2D eigenvalue weighted by molar-refractivity contribution is 0.100. The van der Waals surface area contributed by atoms with E-state index in [-0.39, 0.29) is 5.56 Å². The first-order valence-corrected chi connectivity index (χ1v) is 6.25. The Morgan fingerprint density at radius 3 is 2.65 bits per heavy atom. The van der Waals surface area contributed by atoms with Crippen LogP contribution in [0, 0.1) is 11.3 Å². The van der Waals surface area contributed by atoms with Gasteiger partial charge < -0.3 is 5.73 Å². The lowest BCUT2D eigenvalue weighted by Gasteiger charge is -2.09. The molecule has 20 heavy (non-hydrogen) atoms. The quantitative estimate of drug-likeness (QED) is 0.881. The van der Waals surface area contributed by atoms with Crippen LogP contribution in [0.3, 0.4) is 0 Å². The normalized spacial score (nSPS) is 10.2. The molecule has 2 aromatic heterocycles. The summed E-state index contributed by atoms with van der Waals surface area (Å²) in [5.41, 5.74) is 7.53. The minimum absolute atomic E-state index is 0.258. The molecule has 0 aliphatic heterocycles. The summed E-state index contributed by atoms with van der Waals surface area (Å²) in [4.78, 5) is 11.1. The molecular weight excluding hydrogens is 256 g/mol. The molecule has 0 saturated heterocycles. The van der Waals surface area contributed by atoms with E-state index in [2.05, 4.69) is 21.4 Å². The van der Waals surface area contributed by atoms with Crippen molar-refractivity contribution in [2.75, 3.05) is 0 Å². The highest BCUT2D eigenvalue weighted by Gasteiger charge is 2.17. The number of carbonyl (C=O) groups excluding carboxylic acids is 1. The van der Waals surface area contributed by atoms with Gasteiger partial charge in [0.1, 0.15) is 11.6 Å². The zero-order valence-electron chi connectivity index (χ0n) is 11.3. The van der Waals surface area contributed by atoms with Crippen LogP contribution in [0.4, 0.5) is 0 Å². The molecule has 0 radical (unpaired) electrons. The Morgan fingerprint density at radius 2 is 2.15 bits per heavy atom. The highest BCUT2D eigenvalue weighted by Crippen LogP contribution is 2.19. The van der Waals surface area contributed by atoms with Crippen molar-refractivity contribution in [1.82, 2.24) is 20.0 Å². The molecule has 0 aromatic carbocycles. The number of hydrogen-bond acceptors (Lipinski definition) is 5. The van der Waals surface area contributed by atoms with Gasteiger partial charge in [0.05, 0.1) is 17.5 Å². The van der Waals surface area contributed by atoms with Gasteiger partial charge in [0.2, 0.25) is 0 Å². The minimum Gasteiger partial charge on any atom is -0.366 e. The van der Waals surface area contributed by atoms with Gasteiger partial charge in [-0.1, -0.05) is 13.8 Å². The van der Waals surface area contributed by atoms with Gasteiger partial charge in [-0.25, -0.2) is 4.68 Å². The smallest absolute Gasteiger partial charge is 0.251 e. The third-order valence-electron chi connectivity index (χ3n) is 3.02. The molecule has 7 heteroatoms. The number of nitrogens with two attached hydrogens (primary N) is 1. The van der Waals surface area contributed by atoms with Crippen LogP contribution in [0.15, 0.2) is 12.4 Å². The van der Waals surface area contributed by atoms with Gasteiger partial charge in [-0.15, -0.1) is 5.10 Å². The van der Waals surface area contributed by atoms with Crippen LogP contribution in [-0.4, -0.2) is 25.9 Å². The predicted molar refractivity (Wildman–Crippen MR) is 71.1 cm³/mol. The van der Waals surface area contributed by atoms with Gasteiger partial charge in [0, 0.05) is 6.20 Å². The van der Waals surface area contributed by atoms with E-state index in [1.807, 2.05) is 13.8 Å². The molecule has 1 amide bonds. The maximum absolute atomic E-state index is 11.1. The van der Waals surface area contributed by atoms with Crippen LogP contribution in [0.2, 0.25) is 0 Å². The molecule has 2 rings (SSSR count). The Balaban J connectivity index is 2.62. The molecule has 0 aliphatic carbocycles. The molecule has 0 atom stereocenters. The van der Waals surface area contributed by atoms with Crippen LogP contribution in [0.25, 0.3) is 5.82 Å². The van der Waals surface area contributed by atoms with Crippen molar-refractivity contribution in [3.63, 3.8) is 0 Å². The molecule has 2 aromatic rings. The third kappa shape index (κ3) is 2.23. The zero-order chi connectivity index (χ0) is 14.7. The number of hydrogen-bond donors (Lipinski definition) is 1. The number of aromatic nitrogens is 4. The molecule has 2 N–H and O–H groups in total. The Kier molecular flexibility index (Phi) is 3.75. The predicted octanol–water partition coefficient (Wildman–Crippen LogP) is 0.758. The Morgan fingerprint density at radius 1 is 1.40 bits per heavy atom. The molecule has 0 spiro atoms. The summed E-state index contributed by atoms with van der Waals surface area (Å²) < 4.78 is 1.35. The summed E-state index contributed by atoms with van der Waals surface area (Å²) in [5, 5.41) is 21.6. The molecule has 0 saturated carbocycles. The van der Waals surface area contributed by atoms with Gasteiger partial charge >= 0.3 is 0 Å². The number of carbonyl (C=O) groups is 1. The number of nitrogens with zero attached hydrogens (tertiary/aromatic N) is 5. The summed E-state index contributed by atoms with van der Waals surface area (Å²) in [7, 11) is 0. The molecule has 0 unspecified atom stereocenters. The molecular formula is C13H14N6O. The summed E-state index contributed by atoms with van der Waals surface area (Å²) in [6.45, 7) is 3.92. The van der Waals surface area contributed by atoms with Crippen LogP contribution in [-0.2, 0) is 12.8 Å². The average Bonchev–Trinajstić information content (AvgIpc) is 2.95. The largest absolute Gasteiger partial charge is 0.366 e. The number of nitriles is 1. The topological polar surface area (TPSA) is 110 Å². The lowest BCUT2D eigenvalue weighted by Crippen LogP contribution is -2.11. The fourth-order valence-electron chi connectivity index (χ4n) is 2.01. The summed E-state index contributed by atoms with van der Waals surface area (Å²) in [6.07, 6.45) is 4.16. The standard InChI is InChI=1S/C13H14N6O/c1-3-9-10(5-14)13(18-17-11(9)4-2)19-7-8(6-16-19)12(15)20/h6-7H,3-4H2,1-2H3,(H2,15,20). The van der Waals surface area contributed by atoms with Crippen LogP contribution >= 0.6 is 0 Å². The second kappa shape index (κ2) is 5.48. The molecule has 102 valence electrons. The van der Waals surface area contributed by atoms with Crippen LogP contribution in [0.5, 0.6) is 0 Å². The van der Waals surface area contributed by atoms with E-state index >= 15 is 0 Å². The van der Waals surface area contributed by atoms with Crippen molar-refractivity contribution < 1.29 is 4.79 Å². The van der Waals surface area contributed by atoms with E-state index < -0.39 is 5.91 Å². The van der Waals surface area contributed by atoms with Gasteiger partial charge in [-0.05, 0) is 18.4 Å². The Hall–Kier alpha value is -2.75. The van der Waals surface area contributed by atoms with Crippen LogP contribution in [0.1, 0.15) is 41.0 Å². The number of amides is 1. The summed E-state index contributed by atoms with van der Waals surface area (Å²) in [5.74, 6) is -0.266. The first-order chi connectivity index (χ1) is 9.62. The van der Waals surface area contributed by atoms with Gasteiger partial charge in [-0.3, -0.25) is 4.79 Å². The van der Waals surface area contributed by atoms with Crippen LogP contribution < -0.4 is 5.73 Å². The SMILES string of the molecule is CCc1nnc(-n2cc(C(N)=O)cn2)c(C#N)c1CC. The van der Waals surface area contributed by atoms with Gasteiger partial charge in [-0.2, -0.15) is 15.5 Å². The highest BCUT2D eigenvalue weighted by atomic mass is 16.1. The van der Waals surface area contributed by atoms with Crippen molar-refractivity contribution in [1.29, 1.82) is 5.26 Å². The monoisotopic (exact) mass is 270 g/mol. The van der Waals surface area contributed by atoms with Gasteiger partial charge in [0.15, 0.2) is 5.82 Å². The summed E-state index contributed by atoms with van der Waals surface area (Å²) in [6, 6.07) is 2.15. The third-order valence-corrected chi connectivity index (χ3v) is 3.02. The fourth-order valence-corrected chi connectivity index (χ4v) is 2.01. The maximum Gasteiger partial charge on any atom is 0.251 e. The number of aryl methyl sites for hydroxylation is 1. The van der Waals surface area contributed by atoms with E-state index in [1.54, 1.807) is 0 Å². The van der Waals surface area contributed by atoms with Crippen molar-refractivity contribution in [3.05, 3.63) is 34.8 Å². The number of rotatable bonds is 4. The minimum atomic E-state index is -0.580. The Bertz CT molecular complexity index is 697. The number of primary amides is 1. The van der Waals surface area contributed by atoms with Crippen molar-refractivity contribution in [2.24, 2.45) is 5.73 Å². The second-order valence-corrected chi connectivity index (χ2v) is 4.18. The maximum atomic E-state index is 11.1. The summed E-state index contributed by atoms with van der Waals surface area (Å²) >= 11 is 0. The van der Waals surface area contributed by atoms with E-state index in [1.165, 1.54) is 17.1 Å². The zero-order valence-corrected chi connectivity index (χ0v) is 11.3. The van der Waals surface area contributed by atoms with Crippen molar-refractivity contribution >= 4 is 5.91 Å². The van der Waals surface area contributed by atoms with Crippen molar-refractivity contribution in [2.45, 2.75) is 26.7 Å². The molecule has 2 heterocycles. The lowest BCUT2D eigenvalue weighted by atomic mass is 10.0. The van der Waals surface area contributed by atoms with E-state index in [0.717, 1.165) is 11.3 Å². The fraction of sp³-hybridized carbons (Fsp3) is 0.308.